The molecule has 0 saturated carbocycles. The van der Waals surface area contributed by atoms with Crippen molar-refractivity contribution in [2.24, 2.45) is 0 Å². The van der Waals surface area contributed by atoms with E-state index in [0.717, 1.165) is 0 Å². The van der Waals surface area contributed by atoms with Crippen molar-refractivity contribution in [2.45, 2.75) is 13.3 Å². The SMILES string of the molecule is CCC(=O)c1ccccc1-n1ccc(C(=O)NC)n1. The summed E-state index contributed by atoms with van der Waals surface area (Å²) in [4.78, 5) is 23.4. The van der Waals surface area contributed by atoms with Crippen LogP contribution in [0.5, 0.6) is 0 Å². The number of carbonyl (C=O) groups is 2. The Labute approximate surface area is 111 Å². The Bertz CT molecular complexity index is 617. The quantitative estimate of drug-likeness (QED) is 0.850. The zero-order valence-electron chi connectivity index (χ0n) is 10.9. The number of nitrogens with zero attached hydrogens (tertiary/aromatic N) is 2. The normalized spacial score (nSPS) is 10.2. The average Bonchev–Trinajstić information content (AvgIpc) is 2.95. The number of benzene rings is 1. The molecule has 1 aromatic heterocycles. The van der Waals surface area contributed by atoms with Crippen molar-refractivity contribution in [3.05, 3.63) is 47.8 Å². The monoisotopic (exact) mass is 257 g/mol. The molecule has 0 atom stereocenters. The van der Waals surface area contributed by atoms with Gasteiger partial charge in [0.15, 0.2) is 11.5 Å². The Morgan fingerprint density at radius 2 is 2.00 bits per heavy atom. The summed E-state index contributed by atoms with van der Waals surface area (Å²) >= 11 is 0. The standard InChI is InChI=1S/C14H15N3O2/c1-3-13(18)10-6-4-5-7-12(10)17-9-8-11(16-17)14(19)15-2/h4-9H,3H2,1-2H3,(H,15,19). The maximum atomic E-state index is 11.9. The van der Waals surface area contributed by atoms with Crippen molar-refractivity contribution in [3.8, 4) is 5.69 Å². The van der Waals surface area contributed by atoms with E-state index in [1.807, 2.05) is 25.1 Å². The molecule has 0 aliphatic carbocycles. The van der Waals surface area contributed by atoms with E-state index in [2.05, 4.69) is 10.4 Å². The van der Waals surface area contributed by atoms with Crippen LogP contribution in [-0.2, 0) is 0 Å². The second-order valence-corrected chi connectivity index (χ2v) is 4.02. The molecule has 5 nitrogen and oxygen atoms in total. The van der Waals surface area contributed by atoms with Crippen LogP contribution >= 0.6 is 0 Å². The lowest BCUT2D eigenvalue weighted by Gasteiger charge is -2.07. The molecular formula is C14H15N3O2. The largest absolute Gasteiger partial charge is 0.354 e. The van der Waals surface area contributed by atoms with E-state index >= 15 is 0 Å². The summed E-state index contributed by atoms with van der Waals surface area (Å²) < 4.78 is 1.55. The fraction of sp³-hybridized carbons (Fsp3) is 0.214. The molecule has 0 unspecified atom stereocenters. The van der Waals surface area contributed by atoms with Crippen molar-refractivity contribution in [1.29, 1.82) is 0 Å². The number of para-hydroxylation sites is 1. The molecular weight excluding hydrogens is 242 g/mol. The van der Waals surface area contributed by atoms with Crippen molar-refractivity contribution in [2.75, 3.05) is 7.05 Å². The van der Waals surface area contributed by atoms with Gasteiger partial charge < -0.3 is 5.32 Å². The molecule has 0 bridgehead atoms. The summed E-state index contributed by atoms with van der Waals surface area (Å²) in [7, 11) is 1.55. The molecule has 2 rings (SSSR count). The molecule has 0 fully saturated rings. The minimum Gasteiger partial charge on any atom is -0.354 e. The second-order valence-electron chi connectivity index (χ2n) is 4.02. The predicted molar refractivity (Wildman–Crippen MR) is 71.6 cm³/mol. The van der Waals surface area contributed by atoms with Gasteiger partial charge in [-0.25, -0.2) is 4.68 Å². The Kier molecular flexibility index (Phi) is 3.75. The zero-order chi connectivity index (χ0) is 13.8. The van der Waals surface area contributed by atoms with Crippen molar-refractivity contribution >= 4 is 11.7 Å². The number of ketones is 1. The topological polar surface area (TPSA) is 64.0 Å². The van der Waals surface area contributed by atoms with E-state index in [0.29, 0.717) is 23.4 Å². The van der Waals surface area contributed by atoms with Crippen LogP contribution in [0.1, 0.15) is 34.2 Å². The van der Waals surface area contributed by atoms with Gasteiger partial charge in [0.05, 0.1) is 5.69 Å². The molecule has 0 radical (unpaired) electrons. The highest BCUT2D eigenvalue weighted by molar-refractivity contribution is 5.99. The van der Waals surface area contributed by atoms with Crippen molar-refractivity contribution in [1.82, 2.24) is 15.1 Å². The summed E-state index contributed by atoms with van der Waals surface area (Å²) in [5.41, 5.74) is 1.61. The Balaban J connectivity index is 2.45. The van der Waals surface area contributed by atoms with Crippen LogP contribution in [-0.4, -0.2) is 28.5 Å². The molecule has 0 aliphatic rings. The third-order valence-electron chi connectivity index (χ3n) is 2.82. The molecule has 98 valence electrons. The highest BCUT2D eigenvalue weighted by atomic mass is 16.2. The van der Waals surface area contributed by atoms with Crippen LogP contribution in [0.3, 0.4) is 0 Å². The van der Waals surface area contributed by atoms with Crippen molar-refractivity contribution < 1.29 is 9.59 Å². The highest BCUT2D eigenvalue weighted by Crippen LogP contribution is 2.16. The van der Waals surface area contributed by atoms with Crippen LogP contribution in [0.15, 0.2) is 36.5 Å². The number of aromatic nitrogens is 2. The maximum Gasteiger partial charge on any atom is 0.271 e. The lowest BCUT2D eigenvalue weighted by molar-refractivity contribution is 0.0956. The predicted octanol–water partition coefficient (Wildman–Crippen LogP) is 1.82. The first kappa shape index (κ1) is 13.0. The highest BCUT2D eigenvalue weighted by Gasteiger charge is 2.13. The number of hydrogen-bond acceptors (Lipinski definition) is 3. The van der Waals surface area contributed by atoms with E-state index in [9.17, 15) is 9.59 Å². The fourth-order valence-corrected chi connectivity index (χ4v) is 1.81. The second kappa shape index (κ2) is 5.48. The fourth-order valence-electron chi connectivity index (χ4n) is 1.81. The molecule has 2 aromatic rings. The van der Waals surface area contributed by atoms with Gasteiger partial charge in [-0.1, -0.05) is 19.1 Å². The van der Waals surface area contributed by atoms with Gasteiger partial charge in [-0.15, -0.1) is 0 Å². The number of Topliss-reactive ketones (excluding diaryl/α,β-unsaturated/α-hetero) is 1. The van der Waals surface area contributed by atoms with Gasteiger partial charge in [0, 0.05) is 25.2 Å². The Morgan fingerprint density at radius 1 is 1.26 bits per heavy atom. The van der Waals surface area contributed by atoms with E-state index in [-0.39, 0.29) is 11.7 Å². The minimum atomic E-state index is -0.252. The minimum absolute atomic E-state index is 0.0487. The first-order valence-corrected chi connectivity index (χ1v) is 6.07. The van der Waals surface area contributed by atoms with Gasteiger partial charge in [-0.3, -0.25) is 9.59 Å². The third-order valence-corrected chi connectivity index (χ3v) is 2.82. The summed E-state index contributed by atoms with van der Waals surface area (Å²) in [6.45, 7) is 1.82. The van der Waals surface area contributed by atoms with Gasteiger partial charge in [-0.05, 0) is 18.2 Å². The summed E-state index contributed by atoms with van der Waals surface area (Å²) in [5, 5.41) is 6.69. The number of carbonyl (C=O) groups excluding carboxylic acids is 2. The van der Waals surface area contributed by atoms with Crippen LogP contribution in [0.25, 0.3) is 5.69 Å². The van der Waals surface area contributed by atoms with Gasteiger partial charge in [0.2, 0.25) is 0 Å². The molecule has 5 heteroatoms. The average molecular weight is 257 g/mol. The number of amides is 1. The van der Waals surface area contributed by atoms with Gasteiger partial charge >= 0.3 is 0 Å². The molecule has 1 aromatic carbocycles. The number of rotatable bonds is 4. The van der Waals surface area contributed by atoms with Crippen LogP contribution in [0, 0.1) is 0 Å². The third kappa shape index (κ3) is 2.54. The van der Waals surface area contributed by atoms with Gasteiger partial charge in [0.25, 0.3) is 5.91 Å². The molecule has 0 spiro atoms. The van der Waals surface area contributed by atoms with Crippen LogP contribution < -0.4 is 5.32 Å². The maximum absolute atomic E-state index is 11.9. The summed E-state index contributed by atoms with van der Waals surface area (Å²) in [5.74, 6) is -0.203. The first-order chi connectivity index (χ1) is 9.17. The molecule has 1 amide bonds. The summed E-state index contributed by atoms with van der Waals surface area (Å²) in [6.07, 6.45) is 2.10. The first-order valence-electron chi connectivity index (χ1n) is 6.07. The lowest BCUT2D eigenvalue weighted by Crippen LogP contribution is -2.18. The Morgan fingerprint density at radius 3 is 2.68 bits per heavy atom. The molecule has 0 saturated heterocycles. The van der Waals surface area contributed by atoms with E-state index in [1.54, 1.807) is 30.1 Å². The zero-order valence-corrected chi connectivity index (χ0v) is 10.9. The number of nitrogens with one attached hydrogen (secondary N) is 1. The lowest BCUT2D eigenvalue weighted by atomic mass is 10.1. The summed E-state index contributed by atoms with van der Waals surface area (Å²) in [6, 6.07) is 8.84. The van der Waals surface area contributed by atoms with Crippen molar-refractivity contribution in [3.63, 3.8) is 0 Å². The Hall–Kier alpha value is -2.43. The molecule has 1 heterocycles. The smallest absolute Gasteiger partial charge is 0.271 e. The number of hydrogen-bond donors (Lipinski definition) is 1. The molecule has 1 N–H and O–H groups in total. The van der Waals surface area contributed by atoms with Gasteiger partial charge in [-0.2, -0.15) is 5.10 Å². The molecule has 19 heavy (non-hydrogen) atoms. The van der Waals surface area contributed by atoms with Crippen LogP contribution in [0.4, 0.5) is 0 Å². The molecule has 0 aliphatic heterocycles. The van der Waals surface area contributed by atoms with E-state index in [1.165, 1.54) is 0 Å². The van der Waals surface area contributed by atoms with Gasteiger partial charge in [0.1, 0.15) is 0 Å². The van der Waals surface area contributed by atoms with Crippen LogP contribution in [0.2, 0.25) is 0 Å². The van der Waals surface area contributed by atoms with E-state index < -0.39 is 0 Å². The van der Waals surface area contributed by atoms with E-state index in [4.69, 9.17) is 0 Å².